The molecule has 0 bridgehead atoms. The van der Waals surface area contributed by atoms with Gasteiger partial charge in [-0.15, -0.1) is 0 Å². The Morgan fingerprint density at radius 1 is 0.900 bits per heavy atom. The van der Waals surface area contributed by atoms with E-state index in [9.17, 15) is 18.0 Å². The number of carbonyl (C=O) groups is 1. The predicted octanol–water partition coefficient (Wildman–Crippen LogP) is 5.88. The fourth-order valence-electron chi connectivity index (χ4n) is 5.22. The molecule has 0 aliphatic carbocycles. The number of amides is 1. The number of alkyl halides is 3. The number of aromatic nitrogens is 2. The maximum Gasteiger partial charge on any atom is 0.435 e. The van der Waals surface area contributed by atoms with Crippen molar-refractivity contribution in [1.29, 1.82) is 0 Å². The third-order valence-electron chi connectivity index (χ3n) is 6.91. The molecule has 40 heavy (non-hydrogen) atoms. The van der Waals surface area contributed by atoms with Crippen LogP contribution in [0.5, 0.6) is 0 Å². The molecule has 1 aliphatic heterocycles. The highest BCUT2D eigenvalue weighted by Crippen LogP contribution is 2.36. The monoisotopic (exact) mass is 547 g/mol. The van der Waals surface area contributed by atoms with E-state index in [1.165, 1.54) is 5.56 Å². The van der Waals surface area contributed by atoms with Gasteiger partial charge in [-0.3, -0.25) is 4.79 Å². The largest absolute Gasteiger partial charge is 0.435 e. The Balaban J connectivity index is 1.51. The summed E-state index contributed by atoms with van der Waals surface area (Å²) in [4.78, 5) is 19.5. The van der Waals surface area contributed by atoms with Gasteiger partial charge in [0.15, 0.2) is 5.69 Å². The van der Waals surface area contributed by atoms with Gasteiger partial charge in [-0.25, -0.2) is 4.68 Å². The number of carbonyl (C=O) groups excluding carboxylic acids is 1. The van der Waals surface area contributed by atoms with Gasteiger partial charge in [0.25, 0.3) is 5.91 Å². The van der Waals surface area contributed by atoms with Crippen LogP contribution in [0.4, 0.5) is 18.9 Å². The molecule has 0 saturated carbocycles. The fraction of sp³-hybridized carbons (Fsp3) is 0.290. The van der Waals surface area contributed by atoms with Crippen molar-refractivity contribution in [2.75, 3.05) is 39.6 Å². The first-order valence-corrected chi connectivity index (χ1v) is 13.1. The Morgan fingerprint density at radius 3 is 2.38 bits per heavy atom. The lowest BCUT2D eigenvalue weighted by Crippen LogP contribution is -2.30. The molecule has 1 aromatic heterocycles. The highest BCUT2D eigenvalue weighted by molar-refractivity contribution is 6.07. The molecule has 208 valence electrons. The molecule has 9 heteroatoms. The summed E-state index contributed by atoms with van der Waals surface area (Å²) < 4.78 is 42.3. The van der Waals surface area contributed by atoms with E-state index in [0.29, 0.717) is 30.9 Å². The summed E-state index contributed by atoms with van der Waals surface area (Å²) in [5, 5.41) is 3.83. The number of hydrogen-bond donors (Lipinski definition) is 0. The third-order valence-corrected chi connectivity index (χ3v) is 6.91. The van der Waals surface area contributed by atoms with Crippen molar-refractivity contribution in [3.8, 4) is 16.8 Å². The molecule has 2 heterocycles. The van der Waals surface area contributed by atoms with Crippen LogP contribution in [-0.4, -0.2) is 60.2 Å². The molecule has 0 saturated heterocycles. The molecule has 1 amide bonds. The van der Waals surface area contributed by atoms with E-state index in [-0.39, 0.29) is 5.69 Å². The van der Waals surface area contributed by atoms with E-state index in [1.807, 2.05) is 63.4 Å². The van der Waals surface area contributed by atoms with Crippen molar-refractivity contribution in [2.45, 2.75) is 25.7 Å². The lowest BCUT2D eigenvalue weighted by atomic mass is 9.97. The van der Waals surface area contributed by atoms with Crippen LogP contribution >= 0.6 is 0 Å². The second-order valence-electron chi connectivity index (χ2n) is 10.7. The zero-order chi connectivity index (χ0) is 28.6. The predicted molar refractivity (Wildman–Crippen MR) is 151 cm³/mol. The number of rotatable bonds is 7. The van der Waals surface area contributed by atoms with Crippen LogP contribution < -0.4 is 4.90 Å². The molecule has 3 aromatic carbocycles. The van der Waals surface area contributed by atoms with Crippen LogP contribution in [0.15, 0.2) is 72.8 Å². The standard InChI is InChI=1S/C31H32F3N5O/c1-36(2)19-21-8-7-10-25(16-21)39-28(18-29(35-39)31(32,33)34)30(40)38-15-14-23-17-22(12-13-27(23)38)26-11-6-5-9-24(26)20-37(3)4/h5-13,16-18H,14-15,19-20H2,1-4H3. The lowest BCUT2D eigenvalue weighted by Gasteiger charge is -2.19. The van der Waals surface area contributed by atoms with Crippen molar-refractivity contribution in [1.82, 2.24) is 19.6 Å². The first kappa shape index (κ1) is 27.6. The summed E-state index contributed by atoms with van der Waals surface area (Å²) >= 11 is 0. The highest BCUT2D eigenvalue weighted by atomic mass is 19.4. The van der Waals surface area contributed by atoms with Crippen molar-refractivity contribution < 1.29 is 18.0 Å². The average Bonchev–Trinajstić information content (AvgIpc) is 3.53. The van der Waals surface area contributed by atoms with Gasteiger partial charge in [0.05, 0.1) is 5.69 Å². The summed E-state index contributed by atoms with van der Waals surface area (Å²) in [5.41, 5.74) is 5.15. The lowest BCUT2D eigenvalue weighted by molar-refractivity contribution is -0.141. The molecule has 5 rings (SSSR count). The van der Waals surface area contributed by atoms with Gasteiger partial charge in [0.1, 0.15) is 5.69 Å². The quantitative estimate of drug-likeness (QED) is 0.290. The molecule has 1 aliphatic rings. The van der Waals surface area contributed by atoms with E-state index < -0.39 is 17.8 Å². The van der Waals surface area contributed by atoms with Crippen molar-refractivity contribution >= 4 is 11.6 Å². The summed E-state index contributed by atoms with van der Waals surface area (Å²) in [6.45, 7) is 1.77. The Hall–Kier alpha value is -3.95. The first-order valence-electron chi connectivity index (χ1n) is 13.1. The van der Waals surface area contributed by atoms with E-state index in [2.05, 4.69) is 28.2 Å². The summed E-state index contributed by atoms with van der Waals surface area (Å²) in [6, 6.07) is 22.1. The second-order valence-corrected chi connectivity index (χ2v) is 10.7. The normalized spacial score (nSPS) is 13.4. The molecule has 0 N–H and O–H groups in total. The van der Waals surface area contributed by atoms with Crippen molar-refractivity contribution in [3.63, 3.8) is 0 Å². The molecular weight excluding hydrogens is 515 g/mol. The summed E-state index contributed by atoms with van der Waals surface area (Å²) in [7, 11) is 7.87. The van der Waals surface area contributed by atoms with Gasteiger partial charge in [-0.2, -0.15) is 18.3 Å². The smallest absolute Gasteiger partial charge is 0.306 e. The molecule has 0 spiro atoms. The van der Waals surface area contributed by atoms with Crippen LogP contribution in [0.25, 0.3) is 16.8 Å². The molecule has 6 nitrogen and oxygen atoms in total. The topological polar surface area (TPSA) is 44.6 Å². The number of fused-ring (bicyclic) bond motifs is 1. The maximum absolute atomic E-state index is 13.8. The van der Waals surface area contributed by atoms with Gasteiger partial charge in [0, 0.05) is 31.4 Å². The molecular formula is C31H32F3N5O. The minimum absolute atomic E-state index is 0.123. The minimum atomic E-state index is -4.68. The highest BCUT2D eigenvalue weighted by Gasteiger charge is 2.38. The number of benzene rings is 3. The molecule has 0 fully saturated rings. The van der Waals surface area contributed by atoms with Crippen molar-refractivity contribution in [2.24, 2.45) is 0 Å². The van der Waals surface area contributed by atoms with Crippen LogP contribution in [0, 0.1) is 0 Å². The van der Waals surface area contributed by atoms with Crippen LogP contribution in [-0.2, 0) is 25.7 Å². The zero-order valence-electron chi connectivity index (χ0n) is 23.0. The minimum Gasteiger partial charge on any atom is -0.306 e. The van der Waals surface area contributed by atoms with Gasteiger partial charge < -0.3 is 14.7 Å². The van der Waals surface area contributed by atoms with Gasteiger partial charge >= 0.3 is 6.18 Å². The zero-order valence-corrected chi connectivity index (χ0v) is 23.0. The average molecular weight is 548 g/mol. The number of hydrogen-bond acceptors (Lipinski definition) is 4. The van der Waals surface area contributed by atoms with Crippen LogP contribution in [0.1, 0.15) is 32.9 Å². The first-order chi connectivity index (χ1) is 19.0. The summed E-state index contributed by atoms with van der Waals surface area (Å²) in [5.74, 6) is -0.513. The van der Waals surface area contributed by atoms with E-state index >= 15 is 0 Å². The second kappa shape index (κ2) is 10.9. The van der Waals surface area contributed by atoms with Crippen molar-refractivity contribution in [3.05, 3.63) is 101 Å². The van der Waals surface area contributed by atoms with E-state index in [1.54, 1.807) is 23.1 Å². The Morgan fingerprint density at radius 2 is 1.65 bits per heavy atom. The third kappa shape index (κ3) is 5.66. The molecule has 0 atom stereocenters. The van der Waals surface area contributed by atoms with E-state index in [4.69, 9.17) is 0 Å². The van der Waals surface area contributed by atoms with Crippen LogP contribution in [0.2, 0.25) is 0 Å². The molecule has 0 unspecified atom stereocenters. The number of anilines is 1. The van der Waals surface area contributed by atoms with Gasteiger partial charge in [-0.1, -0.05) is 42.5 Å². The number of halogens is 3. The number of nitrogens with zero attached hydrogens (tertiary/aromatic N) is 5. The van der Waals surface area contributed by atoms with Gasteiger partial charge in [-0.05, 0) is 86.7 Å². The Kier molecular flexibility index (Phi) is 7.53. The SMILES string of the molecule is CN(C)Cc1cccc(-n2nc(C(F)(F)F)cc2C(=O)N2CCc3cc(-c4ccccc4CN(C)C)ccc32)c1. The Bertz CT molecular complexity index is 1540. The summed E-state index contributed by atoms with van der Waals surface area (Å²) in [6.07, 6.45) is -4.07. The van der Waals surface area contributed by atoms with E-state index in [0.717, 1.165) is 39.5 Å². The maximum atomic E-state index is 13.8. The van der Waals surface area contributed by atoms with Crippen LogP contribution in [0.3, 0.4) is 0 Å². The van der Waals surface area contributed by atoms with Gasteiger partial charge in [0.2, 0.25) is 0 Å². The molecule has 4 aromatic rings. The Labute approximate surface area is 232 Å². The molecule has 0 radical (unpaired) electrons. The fourth-order valence-corrected chi connectivity index (χ4v) is 5.22.